The van der Waals surface area contributed by atoms with E-state index in [2.05, 4.69) is 15.4 Å². The molecule has 1 aromatic rings. The third kappa shape index (κ3) is 10.4. The van der Waals surface area contributed by atoms with Crippen LogP contribution >= 0.6 is 0 Å². The molecule has 37 heavy (non-hydrogen) atoms. The van der Waals surface area contributed by atoms with Gasteiger partial charge in [-0.3, -0.25) is 19.2 Å². The zero-order valence-corrected chi connectivity index (χ0v) is 22.2. The summed E-state index contributed by atoms with van der Waals surface area (Å²) in [4.78, 5) is 64.2. The summed E-state index contributed by atoms with van der Waals surface area (Å²) < 4.78 is 9.86. The minimum Gasteiger partial charge on any atom is -0.508 e. The van der Waals surface area contributed by atoms with Crippen molar-refractivity contribution in [3.63, 3.8) is 0 Å². The lowest BCUT2D eigenvalue weighted by Gasteiger charge is -2.38. The minimum atomic E-state index is -1.30. The van der Waals surface area contributed by atoms with Crippen molar-refractivity contribution in [3.05, 3.63) is 29.8 Å². The summed E-state index contributed by atoms with van der Waals surface area (Å²) in [6.45, 7) is 8.02. The highest BCUT2D eigenvalue weighted by Gasteiger charge is 2.38. The highest BCUT2D eigenvalue weighted by Crippen LogP contribution is 2.28. The molecule has 1 aromatic carbocycles. The number of phenolic OH excluding ortho intramolecular Hbond substituents is 1. The Balaban J connectivity index is 3.53. The minimum absolute atomic E-state index is 0.142. The van der Waals surface area contributed by atoms with Crippen LogP contribution in [0.5, 0.6) is 5.75 Å². The number of primary amides is 1. The smallest absolute Gasteiger partial charge is 0.408 e. The van der Waals surface area contributed by atoms with E-state index in [0.717, 1.165) is 0 Å². The molecule has 206 valence electrons. The summed E-state index contributed by atoms with van der Waals surface area (Å²) in [5, 5.41) is 15.0. The first-order valence-electron chi connectivity index (χ1n) is 11.9. The number of hydrogen-bond acceptors (Lipinski definition) is 8. The molecule has 12 heteroatoms. The Morgan fingerprint density at radius 3 is 2.32 bits per heavy atom. The number of nitrogens with one attached hydrogen (secondary N) is 2. The summed E-state index contributed by atoms with van der Waals surface area (Å²) in [5.74, 6) is -2.91. The molecule has 1 rings (SSSR count). The fraction of sp³-hybridized carbons (Fsp3) is 0.560. The number of carbonyl (C=O) groups excluding carboxylic acids is 5. The molecule has 0 saturated carbocycles. The number of alkyl carbamates (subject to hydrolysis) is 1. The number of hydrogen-bond donors (Lipinski definition) is 4. The van der Waals surface area contributed by atoms with E-state index in [1.807, 2.05) is 0 Å². The molecule has 3 atom stereocenters. The van der Waals surface area contributed by atoms with E-state index < -0.39 is 60.1 Å². The highest BCUT2D eigenvalue weighted by molar-refractivity contribution is 5.93. The van der Waals surface area contributed by atoms with Crippen molar-refractivity contribution in [1.82, 2.24) is 15.5 Å². The molecule has 0 aromatic heterocycles. The van der Waals surface area contributed by atoms with Gasteiger partial charge < -0.3 is 35.8 Å². The summed E-state index contributed by atoms with van der Waals surface area (Å²) in [6, 6.07) is 2.69. The fourth-order valence-electron chi connectivity index (χ4n) is 3.43. The van der Waals surface area contributed by atoms with E-state index in [1.54, 1.807) is 40.7 Å². The summed E-state index contributed by atoms with van der Waals surface area (Å²) >= 11 is 0. The van der Waals surface area contributed by atoms with Crippen molar-refractivity contribution < 1.29 is 38.6 Å². The molecule has 0 aliphatic heterocycles. The van der Waals surface area contributed by atoms with Crippen molar-refractivity contribution in [2.24, 2.45) is 5.73 Å². The zero-order valence-electron chi connectivity index (χ0n) is 22.2. The van der Waals surface area contributed by atoms with Crippen molar-refractivity contribution in [1.29, 1.82) is 0 Å². The zero-order chi connectivity index (χ0) is 28.3. The molecule has 0 spiro atoms. The van der Waals surface area contributed by atoms with Crippen LogP contribution in [0.1, 0.15) is 65.5 Å². The molecule has 0 radical (unpaired) electrons. The van der Waals surface area contributed by atoms with Crippen LogP contribution < -0.4 is 16.4 Å². The van der Waals surface area contributed by atoms with Gasteiger partial charge in [0.15, 0.2) is 0 Å². The van der Waals surface area contributed by atoms with Crippen molar-refractivity contribution in [3.8, 4) is 5.75 Å². The maximum Gasteiger partial charge on any atom is 0.408 e. The number of aromatic hydroxyl groups is 1. The normalized spacial score (nSPS) is 13.5. The largest absolute Gasteiger partial charge is 0.508 e. The van der Waals surface area contributed by atoms with Gasteiger partial charge in [0.1, 0.15) is 30.0 Å². The number of nitrogens with zero attached hydrogens (tertiary/aromatic N) is 1. The molecule has 0 aliphatic rings. The Hall–Kier alpha value is -3.83. The van der Waals surface area contributed by atoms with Crippen LogP contribution in [0.2, 0.25) is 0 Å². The number of ether oxygens (including phenoxy) is 2. The molecule has 0 bridgehead atoms. The molecule has 12 nitrogen and oxygen atoms in total. The molecule has 3 unspecified atom stereocenters. The van der Waals surface area contributed by atoms with Gasteiger partial charge in [-0.1, -0.05) is 19.1 Å². The van der Waals surface area contributed by atoms with Gasteiger partial charge in [-0.05, 0) is 58.2 Å². The van der Waals surface area contributed by atoms with Crippen LogP contribution in [-0.4, -0.2) is 71.1 Å². The maximum absolute atomic E-state index is 13.9. The van der Waals surface area contributed by atoms with Crippen LogP contribution in [0.15, 0.2) is 24.3 Å². The van der Waals surface area contributed by atoms with Crippen LogP contribution in [0, 0.1) is 0 Å². The Bertz CT molecular complexity index is 976. The van der Waals surface area contributed by atoms with Gasteiger partial charge in [0.25, 0.3) is 0 Å². The number of rotatable bonds is 12. The van der Waals surface area contributed by atoms with Crippen molar-refractivity contribution >= 4 is 29.8 Å². The summed E-state index contributed by atoms with van der Waals surface area (Å²) in [6.07, 6.45) is -0.827. The first-order valence-corrected chi connectivity index (χ1v) is 11.9. The quantitative estimate of drug-likeness (QED) is 0.298. The number of carbonyl (C=O) groups is 5. The van der Waals surface area contributed by atoms with Gasteiger partial charge in [0, 0.05) is 12.5 Å². The van der Waals surface area contributed by atoms with E-state index in [1.165, 1.54) is 30.2 Å². The van der Waals surface area contributed by atoms with Crippen LogP contribution in [0.4, 0.5) is 4.79 Å². The third-order valence-electron chi connectivity index (χ3n) is 5.34. The molecule has 5 N–H and O–H groups in total. The Kier molecular flexibility index (Phi) is 11.8. The maximum atomic E-state index is 13.9. The lowest BCUT2D eigenvalue weighted by atomic mass is 9.98. The molecule has 0 heterocycles. The fourth-order valence-corrected chi connectivity index (χ4v) is 3.43. The number of methoxy groups -OCH3 is 1. The van der Waals surface area contributed by atoms with E-state index in [-0.39, 0.29) is 24.2 Å². The van der Waals surface area contributed by atoms with E-state index >= 15 is 0 Å². The Labute approximate surface area is 216 Å². The van der Waals surface area contributed by atoms with Gasteiger partial charge in [0.2, 0.25) is 17.7 Å². The summed E-state index contributed by atoms with van der Waals surface area (Å²) in [7, 11) is 1.17. The van der Waals surface area contributed by atoms with Crippen LogP contribution in [-0.2, 0) is 28.7 Å². The van der Waals surface area contributed by atoms with Gasteiger partial charge in [-0.15, -0.1) is 0 Å². The highest BCUT2D eigenvalue weighted by atomic mass is 16.6. The van der Waals surface area contributed by atoms with Crippen molar-refractivity contribution in [2.75, 3.05) is 13.7 Å². The molecule has 0 aliphatic carbocycles. The number of phenols is 1. The molecular weight excluding hydrogens is 484 g/mol. The van der Waals surface area contributed by atoms with E-state index in [0.29, 0.717) is 6.42 Å². The number of amides is 4. The number of benzene rings is 1. The van der Waals surface area contributed by atoms with Crippen LogP contribution in [0.3, 0.4) is 0 Å². The number of esters is 1. The topological polar surface area (TPSA) is 177 Å². The van der Waals surface area contributed by atoms with Gasteiger partial charge in [0.05, 0.1) is 7.11 Å². The molecule has 0 saturated heterocycles. The molecular formula is C25H38N4O8. The second-order valence-corrected chi connectivity index (χ2v) is 9.50. The predicted molar refractivity (Wildman–Crippen MR) is 134 cm³/mol. The predicted octanol–water partition coefficient (Wildman–Crippen LogP) is 1.51. The summed E-state index contributed by atoms with van der Waals surface area (Å²) in [5.41, 5.74) is 4.70. The first kappa shape index (κ1) is 31.2. The molecule has 0 fully saturated rings. The van der Waals surface area contributed by atoms with Gasteiger partial charge in [-0.2, -0.15) is 0 Å². The average Bonchev–Trinajstić information content (AvgIpc) is 2.81. The number of nitrogens with two attached hydrogens (primary N) is 1. The average molecular weight is 523 g/mol. The Morgan fingerprint density at radius 2 is 1.81 bits per heavy atom. The standard InChI is InChI=1S/C25H38N4O8/c1-7-15(2)29(23(34)18(11-12-19(26)31)28-24(35)37-25(3,4)5)21(16-9-8-10-17(30)13-16)22(33)27-14-20(32)36-6/h8-10,13,15,18,21,30H,7,11-12,14H2,1-6H3,(H2,26,31)(H,27,33)(H,28,35). The second kappa shape index (κ2) is 14.0. The third-order valence-corrected chi connectivity index (χ3v) is 5.34. The van der Waals surface area contributed by atoms with Crippen LogP contribution in [0.25, 0.3) is 0 Å². The first-order chi connectivity index (χ1) is 17.2. The van der Waals surface area contributed by atoms with E-state index in [9.17, 15) is 29.1 Å². The van der Waals surface area contributed by atoms with Gasteiger partial charge in [-0.25, -0.2) is 4.79 Å². The van der Waals surface area contributed by atoms with Gasteiger partial charge >= 0.3 is 12.1 Å². The monoisotopic (exact) mass is 522 g/mol. The Morgan fingerprint density at radius 1 is 1.16 bits per heavy atom. The molecule has 4 amide bonds. The second-order valence-electron chi connectivity index (χ2n) is 9.50. The SMILES string of the molecule is CCC(C)N(C(=O)C(CCC(N)=O)NC(=O)OC(C)(C)C)C(C(=O)NCC(=O)OC)c1cccc(O)c1. The van der Waals surface area contributed by atoms with Crippen molar-refractivity contribution in [2.45, 2.75) is 77.6 Å². The van der Waals surface area contributed by atoms with E-state index in [4.69, 9.17) is 10.5 Å². The lowest BCUT2D eigenvalue weighted by Crippen LogP contribution is -2.55. The lowest BCUT2D eigenvalue weighted by molar-refractivity contribution is -0.146.